The maximum atomic E-state index is 5.49. The predicted octanol–water partition coefficient (Wildman–Crippen LogP) is 2.36. The van der Waals surface area contributed by atoms with Crippen LogP contribution in [0.3, 0.4) is 0 Å². The van der Waals surface area contributed by atoms with Crippen molar-refractivity contribution in [2.45, 2.75) is 30.8 Å². The number of nitrogen functional groups attached to an aromatic ring is 1. The Morgan fingerprint density at radius 3 is 2.85 bits per heavy atom. The van der Waals surface area contributed by atoms with Crippen molar-refractivity contribution < 1.29 is 0 Å². The van der Waals surface area contributed by atoms with Gasteiger partial charge in [-0.15, -0.1) is 0 Å². The summed E-state index contributed by atoms with van der Waals surface area (Å²) in [5, 5.41) is 0.759. The Morgan fingerprint density at radius 1 is 1.40 bits per heavy atom. The van der Waals surface area contributed by atoms with Crippen LogP contribution < -0.4 is 16.2 Å². The minimum Gasteiger partial charge on any atom is -0.359 e. The average Bonchev–Trinajstić information content (AvgIpc) is 3.09. The summed E-state index contributed by atoms with van der Waals surface area (Å²) in [4.78, 5) is 11.2. The monoisotopic (exact) mass is 293 g/mol. The quantitative estimate of drug-likeness (QED) is 0.376. The number of hydrazine groups is 1. The summed E-state index contributed by atoms with van der Waals surface area (Å²) < 4.78 is 0. The molecule has 0 saturated heterocycles. The van der Waals surface area contributed by atoms with Gasteiger partial charge in [0.25, 0.3) is 0 Å². The van der Waals surface area contributed by atoms with Gasteiger partial charge in [0.2, 0.25) is 0 Å². The van der Waals surface area contributed by atoms with E-state index in [9.17, 15) is 0 Å². The molecule has 5 nitrogen and oxygen atoms in total. The largest absolute Gasteiger partial charge is 0.359 e. The summed E-state index contributed by atoms with van der Waals surface area (Å²) in [6.45, 7) is 1.09. The average molecular weight is 293 g/mol. The van der Waals surface area contributed by atoms with Crippen molar-refractivity contribution in [2.24, 2.45) is 23.6 Å². The van der Waals surface area contributed by atoms with Gasteiger partial charge in [-0.05, 0) is 43.3 Å². The molecule has 3 unspecified atom stereocenters. The summed E-state index contributed by atoms with van der Waals surface area (Å²) in [6, 6.07) is 1.92. The highest BCUT2D eigenvalue weighted by Crippen LogP contribution is 2.48. The smallest absolute Gasteiger partial charge is 0.191 e. The molecule has 0 aromatic carbocycles. The van der Waals surface area contributed by atoms with E-state index in [-0.39, 0.29) is 0 Å². The molecule has 3 atom stereocenters. The Bertz CT molecular complexity index is 458. The normalized spacial score (nSPS) is 27.9. The molecule has 3 N–H and O–H groups in total. The minimum absolute atomic E-state index is 0.680. The number of anilines is 2. The third-order valence-electron chi connectivity index (χ3n) is 4.81. The summed E-state index contributed by atoms with van der Waals surface area (Å²) >= 11 is 1.54. The number of nitrogens with two attached hydrogens (primary N) is 1. The molecule has 110 valence electrons. The van der Waals surface area contributed by atoms with Crippen molar-refractivity contribution in [3.63, 3.8) is 0 Å². The molecule has 2 bridgehead atoms. The summed E-state index contributed by atoms with van der Waals surface area (Å²) in [7, 11) is 2.12. The Labute approximate surface area is 124 Å². The van der Waals surface area contributed by atoms with Crippen LogP contribution in [0.4, 0.5) is 11.6 Å². The number of thioether (sulfide) groups is 1. The fourth-order valence-corrected chi connectivity index (χ4v) is 4.19. The lowest BCUT2D eigenvalue weighted by Gasteiger charge is -2.28. The molecular formula is C14H23N5S. The molecule has 2 saturated carbocycles. The van der Waals surface area contributed by atoms with Gasteiger partial charge in [-0.1, -0.05) is 18.2 Å². The molecule has 0 spiro atoms. The first-order chi connectivity index (χ1) is 9.69. The third-order valence-corrected chi connectivity index (χ3v) is 5.35. The zero-order valence-corrected chi connectivity index (χ0v) is 13.0. The van der Waals surface area contributed by atoms with Crippen LogP contribution in [0.15, 0.2) is 11.2 Å². The van der Waals surface area contributed by atoms with Gasteiger partial charge in [-0.3, -0.25) is 0 Å². The van der Waals surface area contributed by atoms with Crippen molar-refractivity contribution in [2.75, 3.05) is 30.2 Å². The van der Waals surface area contributed by atoms with Crippen LogP contribution in [0.5, 0.6) is 0 Å². The molecule has 2 aliphatic carbocycles. The second-order valence-corrected chi connectivity index (χ2v) is 6.83. The predicted molar refractivity (Wildman–Crippen MR) is 83.8 cm³/mol. The molecule has 0 radical (unpaired) electrons. The van der Waals surface area contributed by atoms with Gasteiger partial charge in [-0.2, -0.15) is 0 Å². The number of nitrogens with one attached hydrogen (secondary N) is 1. The molecule has 1 aromatic rings. The van der Waals surface area contributed by atoms with Crippen molar-refractivity contribution in [3.8, 4) is 0 Å². The van der Waals surface area contributed by atoms with E-state index in [0.29, 0.717) is 5.82 Å². The van der Waals surface area contributed by atoms with E-state index in [1.165, 1.54) is 25.7 Å². The van der Waals surface area contributed by atoms with E-state index in [1.54, 1.807) is 11.8 Å². The Kier molecular flexibility index (Phi) is 4.03. The number of aromatic nitrogens is 2. The van der Waals surface area contributed by atoms with E-state index in [2.05, 4.69) is 27.3 Å². The summed E-state index contributed by atoms with van der Waals surface area (Å²) in [6.07, 6.45) is 7.72. The van der Waals surface area contributed by atoms with Gasteiger partial charge in [0.15, 0.2) is 5.16 Å². The van der Waals surface area contributed by atoms with Gasteiger partial charge >= 0.3 is 0 Å². The lowest BCUT2D eigenvalue weighted by Crippen LogP contribution is -2.29. The number of hydrogen-bond donors (Lipinski definition) is 2. The Morgan fingerprint density at radius 2 is 2.25 bits per heavy atom. The SMILES string of the molecule is CSc1nc(NN)cc(N(C)CC2CC3CCC2C3)n1. The van der Waals surface area contributed by atoms with Gasteiger partial charge in [-0.25, -0.2) is 15.8 Å². The van der Waals surface area contributed by atoms with Gasteiger partial charge in [0.1, 0.15) is 11.6 Å². The number of rotatable bonds is 5. The first kappa shape index (κ1) is 13.9. The molecule has 1 heterocycles. The molecule has 20 heavy (non-hydrogen) atoms. The van der Waals surface area contributed by atoms with Crippen LogP contribution in [-0.4, -0.2) is 29.8 Å². The first-order valence-electron chi connectivity index (χ1n) is 7.30. The molecule has 0 amide bonds. The second-order valence-electron chi connectivity index (χ2n) is 6.06. The van der Waals surface area contributed by atoms with Crippen LogP contribution in [0.2, 0.25) is 0 Å². The Hall–Kier alpha value is -1.01. The van der Waals surface area contributed by atoms with E-state index < -0.39 is 0 Å². The second kappa shape index (κ2) is 5.77. The zero-order chi connectivity index (χ0) is 14.1. The fraction of sp³-hybridized carbons (Fsp3) is 0.714. The number of hydrogen-bond acceptors (Lipinski definition) is 6. The first-order valence-corrected chi connectivity index (χ1v) is 8.53. The molecule has 3 rings (SSSR count). The van der Waals surface area contributed by atoms with Crippen molar-refractivity contribution in [1.82, 2.24) is 9.97 Å². The van der Waals surface area contributed by atoms with Crippen molar-refractivity contribution in [3.05, 3.63) is 6.07 Å². The van der Waals surface area contributed by atoms with Gasteiger partial charge in [0, 0.05) is 19.7 Å². The van der Waals surface area contributed by atoms with E-state index in [4.69, 9.17) is 5.84 Å². The fourth-order valence-electron chi connectivity index (χ4n) is 3.82. The lowest BCUT2D eigenvalue weighted by molar-refractivity contribution is 0.337. The van der Waals surface area contributed by atoms with Gasteiger partial charge < -0.3 is 10.3 Å². The number of fused-ring (bicyclic) bond motifs is 2. The maximum Gasteiger partial charge on any atom is 0.191 e. The highest BCUT2D eigenvalue weighted by atomic mass is 32.2. The minimum atomic E-state index is 0.680. The van der Waals surface area contributed by atoms with Crippen LogP contribution in [0, 0.1) is 17.8 Å². The van der Waals surface area contributed by atoms with Crippen LogP contribution in [0.1, 0.15) is 25.7 Å². The molecule has 1 aromatic heterocycles. The van der Waals surface area contributed by atoms with Crippen LogP contribution in [-0.2, 0) is 0 Å². The van der Waals surface area contributed by atoms with Crippen molar-refractivity contribution >= 4 is 23.4 Å². The van der Waals surface area contributed by atoms with Crippen LogP contribution in [0.25, 0.3) is 0 Å². The summed E-state index contributed by atoms with van der Waals surface area (Å²) in [5.74, 6) is 9.89. The van der Waals surface area contributed by atoms with E-state index in [1.807, 2.05) is 12.3 Å². The third kappa shape index (κ3) is 2.72. The molecule has 2 aliphatic rings. The van der Waals surface area contributed by atoms with Crippen LogP contribution >= 0.6 is 11.8 Å². The van der Waals surface area contributed by atoms with E-state index >= 15 is 0 Å². The standard InChI is InChI=1S/C14H23N5S/c1-19(8-11-6-9-3-4-10(11)5-9)13-7-12(18-15)16-14(17-13)20-2/h7,9-11H,3-6,8,15H2,1-2H3,(H,16,17,18). The van der Waals surface area contributed by atoms with Gasteiger partial charge in [0.05, 0.1) is 0 Å². The zero-order valence-electron chi connectivity index (χ0n) is 12.2. The van der Waals surface area contributed by atoms with Crippen molar-refractivity contribution in [1.29, 1.82) is 0 Å². The summed E-state index contributed by atoms with van der Waals surface area (Å²) in [5.41, 5.74) is 2.63. The topological polar surface area (TPSA) is 67.1 Å². The molecular weight excluding hydrogens is 270 g/mol. The lowest BCUT2D eigenvalue weighted by atomic mass is 9.88. The van der Waals surface area contributed by atoms with E-state index in [0.717, 1.165) is 35.3 Å². The molecule has 6 heteroatoms. The highest BCUT2D eigenvalue weighted by molar-refractivity contribution is 7.98. The molecule has 2 fully saturated rings. The highest BCUT2D eigenvalue weighted by Gasteiger charge is 2.39. The maximum absolute atomic E-state index is 5.49. The molecule has 0 aliphatic heterocycles. The Balaban J connectivity index is 1.71. The number of nitrogens with zero attached hydrogens (tertiary/aromatic N) is 3.